The molecule has 1 atom stereocenters. The number of hydrogen-bond donors (Lipinski definition) is 1. The van der Waals surface area contributed by atoms with Gasteiger partial charge < -0.3 is 14.6 Å². The number of piperazine rings is 1. The number of benzene rings is 1. The quantitative estimate of drug-likeness (QED) is 0.869. The van der Waals surface area contributed by atoms with E-state index in [4.69, 9.17) is 20.9 Å². The Labute approximate surface area is 152 Å². The number of aromatic nitrogens is 2. The van der Waals surface area contributed by atoms with Crippen molar-refractivity contribution in [3.8, 4) is 17.2 Å². The van der Waals surface area contributed by atoms with E-state index in [1.807, 2.05) is 6.07 Å². The second-order valence-corrected chi connectivity index (χ2v) is 6.08. The maximum atomic E-state index is 6.12. The summed E-state index contributed by atoms with van der Waals surface area (Å²) in [4.78, 5) is 6.79. The minimum absolute atomic E-state index is 0. The van der Waals surface area contributed by atoms with E-state index in [-0.39, 0.29) is 18.4 Å². The summed E-state index contributed by atoms with van der Waals surface area (Å²) in [6.45, 7) is 5.43. The highest BCUT2D eigenvalue weighted by Gasteiger charge is 2.26. The Morgan fingerprint density at radius 2 is 2.29 bits per heavy atom. The van der Waals surface area contributed by atoms with Gasteiger partial charge in [0.05, 0.1) is 18.2 Å². The largest absolute Gasteiger partial charge is 0.493 e. The number of nitrogens with one attached hydrogen (secondary N) is 1. The van der Waals surface area contributed by atoms with Crippen LogP contribution in [0.3, 0.4) is 0 Å². The first-order valence-corrected chi connectivity index (χ1v) is 8.24. The zero-order valence-electron chi connectivity index (χ0n) is 13.8. The Kier molecular flexibility index (Phi) is 6.86. The maximum absolute atomic E-state index is 6.12. The van der Waals surface area contributed by atoms with Crippen LogP contribution < -0.4 is 10.1 Å². The zero-order chi connectivity index (χ0) is 16.2. The topological polar surface area (TPSA) is 63.4 Å². The fourth-order valence-corrected chi connectivity index (χ4v) is 2.75. The second-order valence-electron chi connectivity index (χ2n) is 5.65. The van der Waals surface area contributed by atoms with Crippen LogP contribution in [0.5, 0.6) is 5.75 Å². The van der Waals surface area contributed by atoms with Gasteiger partial charge in [0.2, 0.25) is 0 Å². The number of hydrogen-bond acceptors (Lipinski definition) is 6. The van der Waals surface area contributed by atoms with E-state index in [2.05, 4.69) is 34.3 Å². The van der Waals surface area contributed by atoms with Crippen LogP contribution in [-0.4, -0.2) is 48.3 Å². The van der Waals surface area contributed by atoms with E-state index in [0.29, 0.717) is 29.1 Å². The molecule has 1 aliphatic heterocycles. The van der Waals surface area contributed by atoms with Gasteiger partial charge in [0, 0.05) is 24.7 Å². The maximum Gasteiger partial charge on any atom is 0.261 e. The van der Waals surface area contributed by atoms with Crippen molar-refractivity contribution in [1.29, 1.82) is 0 Å². The smallest absolute Gasteiger partial charge is 0.261 e. The fourth-order valence-electron chi connectivity index (χ4n) is 2.58. The van der Waals surface area contributed by atoms with Crippen LogP contribution in [0.25, 0.3) is 11.5 Å². The normalized spacial score (nSPS) is 18.2. The molecule has 1 unspecified atom stereocenters. The predicted molar refractivity (Wildman–Crippen MR) is 96.0 cm³/mol. The fraction of sp³-hybridized carbons (Fsp3) is 0.500. The summed E-state index contributed by atoms with van der Waals surface area (Å²) < 4.78 is 11.2. The molecule has 1 N–H and O–H groups in total. The van der Waals surface area contributed by atoms with Gasteiger partial charge in [-0.3, -0.25) is 4.90 Å². The first-order valence-electron chi connectivity index (χ1n) is 7.86. The highest BCUT2D eigenvalue weighted by atomic mass is 35.5. The third-order valence-corrected chi connectivity index (χ3v) is 4.12. The molecule has 2 heterocycles. The monoisotopic (exact) mass is 372 g/mol. The van der Waals surface area contributed by atoms with Crippen molar-refractivity contribution in [1.82, 2.24) is 20.4 Å². The van der Waals surface area contributed by atoms with Gasteiger partial charge in [0.25, 0.3) is 5.89 Å². The second kappa shape index (κ2) is 8.67. The number of halogens is 2. The van der Waals surface area contributed by atoms with Gasteiger partial charge in [-0.15, -0.1) is 12.4 Å². The third kappa shape index (κ3) is 4.19. The molecule has 0 spiro atoms. The number of ether oxygens (including phenoxy) is 1. The number of rotatable bonds is 5. The molecule has 132 valence electrons. The lowest BCUT2D eigenvalue weighted by Crippen LogP contribution is -2.44. The van der Waals surface area contributed by atoms with E-state index in [0.717, 1.165) is 31.6 Å². The SMILES string of the molecule is CCCOc1ccc(Cl)cc1-c1nc(C2CNCCN2C)no1.Cl. The molecule has 1 saturated heterocycles. The van der Waals surface area contributed by atoms with Gasteiger partial charge in [0.1, 0.15) is 5.75 Å². The van der Waals surface area contributed by atoms with Gasteiger partial charge in [-0.05, 0) is 31.7 Å². The summed E-state index contributed by atoms with van der Waals surface area (Å²) in [5, 5.41) is 8.11. The Balaban J connectivity index is 0.00000208. The van der Waals surface area contributed by atoms with Crippen LogP contribution in [0.1, 0.15) is 25.2 Å². The Hall–Kier alpha value is -1.34. The Bertz CT molecular complexity index is 665. The number of likely N-dealkylation sites (N-methyl/N-ethyl adjacent to an activating group) is 1. The lowest BCUT2D eigenvalue weighted by molar-refractivity contribution is 0.190. The predicted octanol–water partition coefficient (Wildman–Crippen LogP) is 3.18. The third-order valence-electron chi connectivity index (χ3n) is 3.88. The zero-order valence-corrected chi connectivity index (χ0v) is 15.4. The summed E-state index contributed by atoms with van der Waals surface area (Å²) in [6.07, 6.45) is 0.926. The first-order chi connectivity index (χ1) is 11.2. The van der Waals surface area contributed by atoms with E-state index in [9.17, 15) is 0 Å². The van der Waals surface area contributed by atoms with Crippen molar-refractivity contribution < 1.29 is 9.26 Å². The highest BCUT2D eigenvalue weighted by molar-refractivity contribution is 6.30. The minimum atomic E-state index is 0. The molecule has 8 heteroatoms. The van der Waals surface area contributed by atoms with Crippen LogP contribution in [0.15, 0.2) is 22.7 Å². The van der Waals surface area contributed by atoms with Gasteiger partial charge in [-0.25, -0.2) is 0 Å². The van der Waals surface area contributed by atoms with Crippen LogP contribution in [0.4, 0.5) is 0 Å². The molecule has 0 bridgehead atoms. The van der Waals surface area contributed by atoms with Crippen molar-refractivity contribution in [3.63, 3.8) is 0 Å². The lowest BCUT2D eigenvalue weighted by atomic mass is 10.2. The van der Waals surface area contributed by atoms with Gasteiger partial charge in [0.15, 0.2) is 5.82 Å². The van der Waals surface area contributed by atoms with E-state index in [1.165, 1.54) is 0 Å². The summed E-state index contributed by atoms with van der Waals surface area (Å²) in [5.74, 6) is 1.82. The van der Waals surface area contributed by atoms with Gasteiger partial charge in [-0.1, -0.05) is 23.7 Å². The van der Waals surface area contributed by atoms with Crippen LogP contribution in [0.2, 0.25) is 5.02 Å². The Morgan fingerprint density at radius 3 is 3.04 bits per heavy atom. The molecule has 1 fully saturated rings. The Morgan fingerprint density at radius 1 is 1.46 bits per heavy atom. The molecule has 2 aromatic rings. The van der Waals surface area contributed by atoms with E-state index in [1.54, 1.807) is 12.1 Å². The van der Waals surface area contributed by atoms with Crippen molar-refractivity contribution in [2.24, 2.45) is 0 Å². The molecular formula is C16H22Cl2N4O2. The molecule has 0 saturated carbocycles. The standard InChI is InChI=1S/C16H21ClN4O2.ClH/c1-3-8-22-14-5-4-11(17)9-12(14)16-19-15(20-23-16)13-10-18-6-7-21(13)2;/h4-5,9,13,18H,3,6-8,10H2,1-2H3;1H. The summed E-state index contributed by atoms with van der Waals surface area (Å²) in [6, 6.07) is 5.55. The lowest BCUT2D eigenvalue weighted by Gasteiger charge is -2.30. The van der Waals surface area contributed by atoms with Crippen molar-refractivity contribution in [2.75, 3.05) is 33.3 Å². The molecule has 1 aliphatic rings. The van der Waals surface area contributed by atoms with Crippen LogP contribution in [0, 0.1) is 0 Å². The molecule has 1 aromatic carbocycles. The highest BCUT2D eigenvalue weighted by Crippen LogP contribution is 2.32. The van der Waals surface area contributed by atoms with Crippen molar-refractivity contribution in [2.45, 2.75) is 19.4 Å². The van der Waals surface area contributed by atoms with Crippen LogP contribution >= 0.6 is 24.0 Å². The van der Waals surface area contributed by atoms with Crippen molar-refractivity contribution in [3.05, 3.63) is 29.0 Å². The van der Waals surface area contributed by atoms with Crippen molar-refractivity contribution >= 4 is 24.0 Å². The molecule has 0 radical (unpaired) electrons. The molecule has 0 aliphatic carbocycles. The molecule has 6 nitrogen and oxygen atoms in total. The van der Waals surface area contributed by atoms with E-state index < -0.39 is 0 Å². The van der Waals surface area contributed by atoms with Gasteiger partial charge in [-0.2, -0.15) is 4.98 Å². The van der Waals surface area contributed by atoms with Crippen LogP contribution in [-0.2, 0) is 0 Å². The summed E-state index contributed by atoms with van der Waals surface area (Å²) >= 11 is 6.12. The number of nitrogens with zero attached hydrogens (tertiary/aromatic N) is 3. The molecule has 3 rings (SSSR count). The summed E-state index contributed by atoms with van der Waals surface area (Å²) in [7, 11) is 2.07. The van der Waals surface area contributed by atoms with E-state index >= 15 is 0 Å². The minimum Gasteiger partial charge on any atom is -0.493 e. The average molecular weight is 373 g/mol. The molecule has 1 aromatic heterocycles. The van der Waals surface area contributed by atoms with Gasteiger partial charge >= 0.3 is 0 Å². The molecular weight excluding hydrogens is 351 g/mol. The molecule has 24 heavy (non-hydrogen) atoms. The summed E-state index contributed by atoms with van der Waals surface area (Å²) in [5.41, 5.74) is 0.733. The first kappa shape index (κ1) is 19.0. The average Bonchev–Trinajstić information content (AvgIpc) is 3.03. The molecule has 0 amide bonds.